The van der Waals surface area contributed by atoms with Crippen LogP contribution in [0.25, 0.3) is 0 Å². The Morgan fingerprint density at radius 3 is 2.60 bits per heavy atom. The van der Waals surface area contributed by atoms with Crippen molar-refractivity contribution < 1.29 is 0 Å². The third-order valence-corrected chi connectivity index (χ3v) is 4.76. The van der Waals surface area contributed by atoms with Gasteiger partial charge in [-0.1, -0.05) is 31.2 Å². The Morgan fingerprint density at radius 1 is 1.05 bits per heavy atom. The Balaban J connectivity index is 1.89. The van der Waals surface area contributed by atoms with Crippen LogP contribution < -0.4 is 5.32 Å². The molecule has 0 saturated heterocycles. The Kier molecular flexibility index (Phi) is 6.90. The summed E-state index contributed by atoms with van der Waals surface area (Å²) in [5.74, 6) is 1.03. The van der Waals surface area contributed by atoms with Crippen molar-refractivity contribution >= 4 is 34.4 Å². The molecular formula is C17H20INS. The van der Waals surface area contributed by atoms with Gasteiger partial charge in [-0.2, -0.15) is 0 Å². The second-order valence-electron chi connectivity index (χ2n) is 4.74. The minimum Gasteiger partial charge on any atom is -0.313 e. The van der Waals surface area contributed by atoms with Crippen molar-refractivity contribution in [1.29, 1.82) is 0 Å². The number of hydrogen-bond donors (Lipinski definition) is 1. The van der Waals surface area contributed by atoms with Gasteiger partial charge in [-0.3, -0.25) is 0 Å². The molecule has 2 rings (SSSR count). The minimum atomic E-state index is 0.964. The van der Waals surface area contributed by atoms with Crippen molar-refractivity contribution in [1.82, 2.24) is 5.32 Å². The molecule has 0 aliphatic rings. The van der Waals surface area contributed by atoms with E-state index < -0.39 is 0 Å². The van der Waals surface area contributed by atoms with Gasteiger partial charge < -0.3 is 5.32 Å². The van der Waals surface area contributed by atoms with Crippen molar-refractivity contribution in [2.45, 2.75) is 30.5 Å². The van der Waals surface area contributed by atoms with Crippen LogP contribution in [0.1, 0.15) is 24.5 Å². The van der Waals surface area contributed by atoms with Crippen LogP contribution in [-0.4, -0.2) is 6.54 Å². The van der Waals surface area contributed by atoms with Gasteiger partial charge in [0.2, 0.25) is 0 Å². The van der Waals surface area contributed by atoms with E-state index in [1.54, 1.807) is 0 Å². The highest BCUT2D eigenvalue weighted by atomic mass is 127. The molecular weight excluding hydrogens is 377 g/mol. The van der Waals surface area contributed by atoms with Crippen LogP contribution >= 0.6 is 34.4 Å². The molecule has 0 aliphatic carbocycles. The lowest BCUT2D eigenvalue weighted by Crippen LogP contribution is -2.13. The molecule has 0 fully saturated rings. The first kappa shape index (κ1) is 15.9. The molecule has 0 aliphatic heterocycles. The zero-order valence-electron chi connectivity index (χ0n) is 11.7. The predicted molar refractivity (Wildman–Crippen MR) is 97.2 cm³/mol. The standard InChI is InChI=1S/C17H20INS/c1-2-10-19-12-15-4-3-5-17(11-15)20-13-14-6-8-16(18)9-7-14/h3-9,11,19H,2,10,12-13H2,1H3. The first-order chi connectivity index (χ1) is 9.78. The van der Waals surface area contributed by atoms with E-state index in [0.717, 1.165) is 18.8 Å². The fourth-order valence-electron chi connectivity index (χ4n) is 1.90. The van der Waals surface area contributed by atoms with E-state index in [0.29, 0.717) is 0 Å². The van der Waals surface area contributed by atoms with Crippen LogP contribution in [-0.2, 0) is 12.3 Å². The lowest BCUT2D eigenvalue weighted by atomic mass is 10.2. The van der Waals surface area contributed by atoms with Crippen LogP contribution in [0, 0.1) is 3.57 Å². The molecule has 0 saturated carbocycles. The molecule has 1 N–H and O–H groups in total. The number of nitrogens with one attached hydrogen (secondary N) is 1. The van der Waals surface area contributed by atoms with Gasteiger partial charge in [-0.25, -0.2) is 0 Å². The van der Waals surface area contributed by atoms with Gasteiger partial charge in [-0.05, 0) is 70.9 Å². The number of thioether (sulfide) groups is 1. The zero-order chi connectivity index (χ0) is 14.2. The Bertz CT molecular complexity index is 525. The minimum absolute atomic E-state index is 0.964. The van der Waals surface area contributed by atoms with E-state index >= 15 is 0 Å². The van der Waals surface area contributed by atoms with Crippen molar-refractivity contribution in [2.24, 2.45) is 0 Å². The summed E-state index contributed by atoms with van der Waals surface area (Å²) < 4.78 is 1.29. The molecule has 0 heterocycles. The first-order valence-corrected chi connectivity index (χ1v) is 9.01. The average Bonchev–Trinajstić information content (AvgIpc) is 2.47. The summed E-state index contributed by atoms with van der Waals surface area (Å²) in [6.07, 6.45) is 1.18. The van der Waals surface area contributed by atoms with Gasteiger partial charge in [-0.15, -0.1) is 11.8 Å². The normalized spacial score (nSPS) is 10.7. The Hall–Kier alpha value is -0.520. The fourth-order valence-corrected chi connectivity index (χ4v) is 3.20. The Labute approximate surface area is 139 Å². The van der Waals surface area contributed by atoms with Crippen molar-refractivity contribution in [3.8, 4) is 0 Å². The number of halogens is 1. The summed E-state index contributed by atoms with van der Waals surface area (Å²) >= 11 is 4.25. The SMILES string of the molecule is CCCNCc1cccc(SCc2ccc(I)cc2)c1. The highest BCUT2D eigenvalue weighted by molar-refractivity contribution is 14.1. The van der Waals surface area contributed by atoms with Crippen LogP contribution in [0.15, 0.2) is 53.4 Å². The van der Waals surface area contributed by atoms with E-state index in [9.17, 15) is 0 Å². The summed E-state index contributed by atoms with van der Waals surface area (Å²) in [7, 11) is 0. The largest absolute Gasteiger partial charge is 0.313 e. The lowest BCUT2D eigenvalue weighted by Gasteiger charge is -2.06. The highest BCUT2D eigenvalue weighted by Gasteiger charge is 1.99. The summed E-state index contributed by atoms with van der Waals surface area (Å²) in [6, 6.07) is 17.6. The topological polar surface area (TPSA) is 12.0 Å². The molecule has 106 valence electrons. The van der Waals surface area contributed by atoms with E-state index in [1.165, 1.54) is 26.0 Å². The second kappa shape index (κ2) is 8.70. The monoisotopic (exact) mass is 397 g/mol. The second-order valence-corrected chi connectivity index (χ2v) is 7.03. The summed E-state index contributed by atoms with van der Waals surface area (Å²) in [5, 5.41) is 3.45. The first-order valence-electron chi connectivity index (χ1n) is 6.95. The average molecular weight is 397 g/mol. The maximum Gasteiger partial charge on any atom is 0.0232 e. The van der Waals surface area contributed by atoms with Crippen molar-refractivity contribution in [2.75, 3.05) is 6.54 Å². The number of benzene rings is 2. The highest BCUT2D eigenvalue weighted by Crippen LogP contribution is 2.24. The van der Waals surface area contributed by atoms with Crippen LogP contribution in [0.2, 0.25) is 0 Å². The third kappa shape index (κ3) is 5.46. The van der Waals surface area contributed by atoms with E-state index in [-0.39, 0.29) is 0 Å². The molecule has 2 aromatic rings. The molecule has 3 heteroatoms. The maximum atomic E-state index is 3.45. The van der Waals surface area contributed by atoms with Gasteiger partial charge in [0.05, 0.1) is 0 Å². The Morgan fingerprint density at radius 2 is 1.85 bits per heavy atom. The van der Waals surface area contributed by atoms with Gasteiger partial charge in [0.1, 0.15) is 0 Å². The summed E-state index contributed by atoms with van der Waals surface area (Å²) in [6.45, 7) is 4.24. The number of rotatable bonds is 7. The predicted octanol–water partition coefficient (Wildman–Crippen LogP) is 5.08. The fraction of sp³-hybridized carbons (Fsp3) is 0.294. The molecule has 0 bridgehead atoms. The van der Waals surface area contributed by atoms with Gasteiger partial charge >= 0.3 is 0 Å². The van der Waals surface area contributed by atoms with Crippen molar-refractivity contribution in [3.05, 3.63) is 63.2 Å². The van der Waals surface area contributed by atoms with Crippen LogP contribution in [0.4, 0.5) is 0 Å². The van der Waals surface area contributed by atoms with E-state index in [2.05, 4.69) is 83.4 Å². The quantitative estimate of drug-likeness (QED) is 0.397. The lowest BCUT2D eigenvalue weighted by molar-refractivity contribution is 0.674. The molecule has 1 nitrogen and oxygen atoms in total. The molecule has 0 atom stereocenters. The summed E-state index contributed by atoms with van der Waals surface area (Å²) in [5.41, 5.74) is 2.75. The van der Waals surface area contributed by atoms with Crippen molar-refractivity contribution in [3.63, 3.8) is 0 Å². The molecule has 0 unspecified atom stereocenters. The maximum absolute atomic E-state index is 3.45. The van der Waals surface area contributed by atoms with Crippen LogP contribution in [0.5, 0.6) is 0 Å². The van der Waals surface area contributed by atoms with Gasteiger partial charge in [0, 0.05) is 20.8 Å². The molecule has 20 heavy (non-hydrogen) atoms. The number of hydrogen-bond acceptors (Lipinski definition) is 2. The molecule has 0 spiro atoms. The molecule has 0 amide bonds. The third-order valence-electron chi connectivity index (χ3n) is 2.97. The van der Waals surface area contributed by atoms with E-state index in [4.69, 9.17) is 0 Å². The molecule has 0 radical (unpaired) electrons. The molecule has 0 aromatic heterocycles. The molecule has 2 aromatic carbocycles. The van der Waals surface area contributed by atoms with Gasteiger partial charge in [0.15, 0.2) is 0 Å². The summed E-state index contributed by atoms with van der Waals surface area (Å²) in [4.78, 5) is 1.35. The zero-order valence-corrected chi connectivity index (χ0v) is 14.7. The van der Waals surface area contributed by atoms with Crippen LogP contribution in [0.3, 0.4) is 0 Å². The van der Waals surface area contributed by atoms with Gasteiger partial charge in [0.25, 0.3) is 0 Å². The smallest absolute Gasteiger partial charge is 0.0232 e. The van der Waals surface area contributed by atoms with E-state index in [1.807, 2.05) is 11.8 Å².